The highest BCUT2D eigenvalue weighted by Gasteiger charge is 2.22. The van der Waals surface area contributed by atoms with E-state index in [0.29, 0.717) is 30.9 Å². The Hall–Kier alpha value is -1.07. The van der Waals surface area contributed by atoms with Crippen molar-refractivity contribution in [2.45, 2.75) is 33.0 Å². The van der Waals surface area contributed by atoms with Crippen molar-refractivity contribution in [1.82, 2.24) is 5.06 Å². The molecule has 0 saturated carbocycles. The largest absolute Gasteiger partial charge is 0.472 e. The first kappa shape index (κ1) is 14.0. The van der Waals surface area contributed by atoms with Crippen LogP contribution < -0.4 is 0 Å². The van der Waals surface area contributed by atoms with E-state index in [1.807, 2.05) is 0 Å². The molecule has 1 amide bonds. The molecule has 0 radical (unpaired) electrons. The molecule has 1 unspecified atom stereocenters. The number of likely N-dealkylation sites (N-methyl/N-ethyl adjacent to an activating group) is 1. The SMILES string of the molecule is CON(C)C(=O)C1=COC(OCC(C)C)CC1. The van der Waals surface area contributed by atoms with Crippen molar-refractivity contribution < 1.29 is 19.1 Å². The van der Waals surface area contributed by atoms with Gasteiger partial charge in [0, 0.05) is 13.5 Å². The molecular formula is C12H21NO4. The van der Waals surface area contributed by atoms with Crippen LogP contribution in [0.15, 0.2) is 11.8 Å². The highest BCUT2D eigenvalue weighted by molar-refractivity contribution is 5.92. The summed E-state index contributed by atoms with van der Waals surface area (Å²) in [5.41, 5.74) is 0.610. The Morgan fingerprint density at radius 1 is 1.65 bits per heavy atom. The maximum Gasteiger partial charge on any atom is 0.276 e. The molecule has 1 rings (SSSR count). The summed E-state index contributed by atoms with van der Waals surface area (Å²) < 4.78 is 10.9. The van der Waals surface area contributed by atoms with Crippen molar-refractivity contribution in [1.29, 1.82) is 0 Å². The molecule has 1 atom stereocenters. The summed E-state index contributed by atoms with van der Waals surface area (Å²) in [5.74, 6) is 0.306. The minimum absolute atomic E-state index is 0.171. The zero-order chi connectivity index (χ0) is 12.8. The lowest BCUT2D eigenvalue weighted by Crippen LogP contribution is -2.30. The van der Waals surface area contributed by atoms with E-state index in [-0.39, 0.29) is 12.2 Å². The average molecular weight is 243 g/mol. The lowest BCUT2D eigenvalue weighted by Gasteiger charge is -2.25. The van der Waals surface area contributed by atoms with Gasteiger partial charge in [-0.3, -0.25) is 9.63 Å². The van der Waals surface area contributed by atoms with Crippen molar-refractivity contribution in [3.05, 3.63) is 11.8 Å². The van der Waals surface area contributed by atoms with E-state index in [1.54, 1.807) is 7.05 Å². The van der Waals surface area contributed by atoms with E-state index in [0.717, 1.165) is 0 Å². The van der Waals surface area contributed by atoms with Crippen molar-refractivity contribution in [2.24, 2.45) is 5.92 Å². The molecule has 0 spiro atoms. The van der Waals surface area contributed by atoms with E-state index < -0.39 is 0 Å². The van der Waals surface area contributed by atoms with Crippen LogP contribution in [0.1, 0.15) is 26.7 Å². The van der Waals surface area contributed by atoms with E-state index in [9.17, 15) is 4.79 Å². The van der Waals surface area contributed by atoms with Crippen LogP contribution in [-0.4, -0.2) is 38.0 Å². The Bertz CT molecular complexity index is 288. The van der Waals surface area contributed by atoms with Crippen LogP contribution in [-0.2, 0) is 19.1 Å². The Kier molecular flexibility index (Phi) is 5.44. The average Bonchev–Trinajstić information content (AvgIpc) is 2.35. The van der Waals surface area contributed by atoms with Crippen LogP contribution in [0.2, 0.25) is 0 Å². The highest BCUT2D eigenvalue weighted by Crippen LogP contribution is 2.20. The summed E-state index contributed by atoms with van der Waals surface area (Å²) in [7, 11) is 3.03. The lowest BCUT2D eigenvalue weighted by molar-refractivity contribution is -0.166. The predicted octanol–water partition coefficient (Wildman–Crippen LogP) is 1.70. The number of amides is 1. The maximum atomic E-state index is 11.7. The van der Waals surface area contributed by atoms with Crippen LogP contribution >= 0.6 is 0 Å². The third-order valence-electron chi connectivity index (χ3n) is 2.46. The van der Waals surface area contributed by atoms with E-state index in [1.165, 1.54) is 18.4 Å². The zero-order valence-electron chi connectivity index (χ0n) is 10.9. The smallest absolute Gasteiger partial charge is 0.276 e. The molecule has 0 bridgehead atoms. The van der Waals surface area contributed by atoms with E-state index >= 15 is 0 Å². The molecule has 5 nitrogen and oxygen atoms in total. The van der Waals surface area contributed by atoms with Crippen molar-refractivity contribution >= 4 is 5.91 Å². The molecule has 1 aliphatic rings. The number of hydroxylamine groups is 2. The summed E-state index contributed by atoms with van der Waals surface area (Å²) in [6.07, 6.45) is 2.59. The van der Waals surface area contributed by atoms with Crippen LogP contribution in [0.4, 0.5) is 0 Å². The number of hydrogen-bond acceptors (Lipinski definition) is 4. The summed E-state index contributed by atoms with van der Waals surface area (Å²) in [6.45, 7) is 4.84. The molecule has 0 aromatic rings. The van der Waals surface area contributed by atoms with Crippen molar-refractivity contribution in [2.75, 3.05) is 20.8 Å². The molecule has 98 valence electrons. The van der Waals surface area contributed by atoms with Gasteiger partial charge in [0.25, 0.3) is 5.91 Å². The van der Waals surface area contributed by atoms with Crippen LogP contribution in [0.5, 0.6) is 0 Å². The second kappa shape index (κ2) is 6.61. The first-order valence-corrected chi connectivity index (χ1v) is 5.82. The van der Waals surface area contributed by atoms with Crippen LogP contribution in [0.25, 0.3) is 0 Å². The first-order chi connectivity index (χ1) is 8.04. The molecule has 0 saturated heterocycles. The topological polar surface area (TPSA) is 48.0 Å². The molecule has 0 N–H and O–H groups in total. The maximum absolute atomic E-state index is 11.7. The number of hydrogen-bond donors (Lipinski definition) is 0. The molecular weight excluding hydrogens is 222 g/mol. The van der Waals surface area contributed by atoms with Gasteiger partial charge in [-0.25, -0.2) is 5.06 Å². The van der Waals surface area contributed by atoms with Gasteiger partial charge in [-0.2, -0.15) is 0 Å². The minimum atomic E-state index is -0.234. The number of carbonyl (C=O) groups excluding carboxylic acids is 1. The van der Waals surface area contributed by atoms with Gasteiger partial charge in [0.1, 0.15) is 0 Å². The fourth-order valence-electron chi connectivity index (χ4n) is 1.42. The number of ether oxygens (including phenoxy) is 2. The molecule has 5 heteroatoms. The van der Waals surface area contributed by atoms with Crippen LogP contribution in [0.3, 0.4) is 0 Å². The molecule has 0 aliphatic carbocycles. The van der Waals surface area contributed by atoms with E-state index in [2.05, 4.69) is 13.8 Å². The minimum Gasteiger partial charge on any atom is -0.472 e. The van der Waals surface area contributed by atoms with Gasteiger partial charge in [-0.1, -0.05) is 13.8 Å². The molecule has 1 aliphatic heterocycles. The Balaban J connectivity index is 2.41. The summed E-state index contributed by atoms with van der Waals surface area (Å²) in [4.78, 5) is 16.5. The quantitative estimate of drug-likeness (QED) is 0.690. The second-order valence-corrected chi connectivity index (χ2v) is 4.46. The monoisotopic (exact) mass is 243 g/mol. The van der Waals surface area contributed by atoms with Gasteiger partial charge in [-0.05, 0) is 12.3 Å². The molecule has 0 fully saturated rings. The lowest BCUT2D eigenvalue weighted by atomic mass is 10.1. The molecule has 1 heterocycles. The normalized spacial score (nSPS) is 19.8. The molecule has 0 aromatic heterocycles. The number of rotatable bonds is 5. The third kappa shape index (κ3) is 4.36. The molecule has 0 aromatic carbocycles. The van der Waals surface area contributed by atoms with Gasteiger partial charge in [0.15, 0.2) is 6.29 Å². The van der Waals surface area contributed by atoms with Crippen molar-refractivity contribution in [3.8, 4) is 0 Å². The standard InChI is InChI=1S/C12H21NO4/c1-9(2)7-16-11-6-5-10(8-17-11)12(14)13(3)15-4/h8-9,11H,5-7H2,1-4H3. The Morgan fingerprint density at radius 2 is 2.35 bits per heavy atom. The number of nitrogens with zero attached hydrogens (tertiary/aromatic N) is 1. The third-order valence-corrected chi connectivity index (χ3v) is 2.46. The zero-order valence-corrected chi connectivity index (χ0v) is 10.9. The fraction of sp³-hybridized carbons (Fsp3) is 0.750. The summed E-state index contributed by atoms with van der Waals surface area (Å²) >= 11 is 0. The van der Waals surface area contributed by atoms with Gasteiger partial charge in [0.2, 0.25) is 0 Å². The summed E-state index contributed by atoms with van der Waals surface area (Å²) in [6, 6.07) is 0. The Labute approximate surface area is 102 Å². The van der Waals surface area contributed by atoms with Crippen molar-refractivity contribution in [3.63, 3.8) is 0 Å². The van der Waals surface area contributed by atoms with Gasteiger partial charge >= 0.3 is 0 Å². The predicted molar refractivity (Wildman–Crippen MR) is 62.8 cm³/mol. The van der Waals surface area contributed by atoms with Crippen LogP contribution in [0, 0.1) is 5.92 Å². The summed E-state index contributed by atoms with van der Waals surface area (Å²) in [5, 5.41) is 1.19. The molecule has 17 heavy (non-hydrogen) atoms. The van der Waals surface area contributed by atoms with E-state index in [4.69, 9.17) is 14.3 Å². The Morgan fingerprint density at radius 3 is 2.82 bits per heavy atom. The van der Waals surface area contributed by atoms with Gasteiger partial charge in [-0.15, -0.1) is 0 Å². The van der Waals surface area contributed by atoms with Gasteiger partial charge in [0.05, 0.1) is 25.6 Å². The first-order valence-electron chi connectivity index (χ1n) is 5.82. The van der Waals surface area contributed by atoms with Gasteiger partial charge < -0.3 is 9.47 Å². The fourth-order valence-corrected chi connectivity index (χ4v) is 1.42. The second-order valence-electron chi connectivity index (χ2n) is 4.46. The number of carbonyl (C=O) groups is 1. The highest BCUT2D eigenvalue weighted by atomic mass is 16.7.